The highest BCUT2D eigenvalue weighted by molar-refractivity contribution is 5.88. The molecule has 0 aliphatic rings. The van der Waals surface area contributed by atoms with Crippen molar-refractivity contribution < 1.29 is 14.3 Å². The van der Waals surface area contributed by atoms with Crippen LogP contribution in [-0.2, 0) is 16.1 Å². The SMILES string of the molecule is CC(=O)Nc1ccc(OCC(=O)N(C)Cc2ccccc2C)cc1. The van der Waals surface area contributed by atoms with Crippen LogP contribution in [0.2, 0.25) is 0 Å². The third-order valence-electron chi connectivity index (χ3n) is 3.63. The first kappa shape index (κ1) is 17.5. The molecule has 0 fully saturated rings. The molecule has 126 valence electrons. The fraction of sp³-hybridized carbons (Fsp3) is 0.263. The second kappa shape index (κ2) is 8.15. The normalized spacial score (nSPS) is 10.1. The van der Waals surface area contributed by atoms with Gasteiger partial charge in [0.2, 0.25) is 5.91 Å². The summed E-state index contributed by atoms with van der Waals surface area (Å²) in [6, 6.07) is 14.9. The zero-order valence-electron chi connectivity index (χ0n) is 14.2. The molecule has 0 spiro atoms. The van der Waals surface area contributed by atoms with E-state index >= 15 is 0 Å². The van der Waals surface area contributed by atoms with Gasteiger partial charge in [-0.25, -0.2) is 0 Å². The van der Waals surface area contributed by atoms with E-state index in [-0.39, 0.29) is 18.4 Å². The van der Waals surface area contributed by atoms with Gasteiger partial charge in [0.05, 0.1) is 0 Å². The lowest BCUT2D eigenvalue weighted by Crippen LogP contribution is -2.31. The number of aryl methyl sites for hydroxylation is 1. The number of amides is 2. The summed E-state index contributed by atoms with van der Waals surface area (Å²) >= 11 is 0. The predicted molar refractivity (Wildman–Crippen MR) is 93.9 cm³/mol. The first-order valence-electron chi connectivity index (χ1n) is 7.74. The highest BCUT2D eigenvalue weighted by atomic mass is 16.5. The van der Waals surface area contributed by atoms with Gasteiger partial charge in [0, 0.05) is 26.2 Å². The van der Waals surface area contributed by atoms with Gasteiger partial charge in [-0.05, 0) is 42.3 Å². The van der Waals surface area contributed by atoms with Crippen molar-refractivity contribution in [2.75, 3.05) is 19.0 Å². The Labute approximate surface area is 142 Å². The minimum atomic E-state index is -0.128. The topological polar surface area (TPSA) is 58.6 Å². The van der Waals surface area contributed by atoms with Gasteiger partial charge in [-0.15, -0.1) is 0 Å². The first-order chi connectivity index (χ1) is 11.5. The molecule has 0 aromatic heterocycles. The van der Waals surface area contributed by atoms with Crippen molar-refractivity contribution in [1.82, 2.24) is 4.90 Å². The fourth-order valence-electron chi connectivity index (χ4n) is 2.22. The van der Waals surface area contributed by atoms with Crippen LogP contribution in [0.15, 0.2) is 48.5 Å². The smallest absolute Gasteiger partial charge is 0.260 e. The van der Waals surface area contributed by atoms with E-state index in [1.165, 1.54) is 6.92 Å². The summed E-state index contributed by atoms with van der Waals surface area (Å²) in [5, 5.41) is 2.68. The average Bonchev–Trinajstić information content (AvgIpc) is 2.55. The van der Waals surface area contributed by atoms with Crippen LogP contribution in [-0.4, -0.2) is 30.4 Å². The lowest BCUT2D eigenvalue weighted by Gasteiger charge is -2.18. The van der Waals surface area contributed by atoms with E-state index in [9.17, 15) is 9.59 Å². The minimum Gasteiger partial charge on any atom is -0.484 e. The van der Waals surface area contributed by atoms with Crippen molar-refractivity contribution in [3.8, 4) is 5.75 Å². The summed E-state index contributed by atoms with van der Waals surface area (Å²) in [7, 11) is 1.76. The van der Waals surface area contributed by atoms with Crippen LogP contribution < -0.4 is 10.1 Å². The number of carbonyl (C=O) groups is 2. The monoisotopic (exact) mass is 326 g/mol. The molecule has 0 saturated carbocycles. The molecule has 0 bridgehead atoms. The lowest BCUT2D eigenvalue weighted by atomic mass is 10.1. The Kier molecular flexibility index (Phi) is 5.95. The molecule has 0 unspecified atom stereocenters. The second-order valence-corrected chi connectivity index (χ2v) is 5.67. The van der Waals surface area contributed by atoms with E-state index in [1.54, 1.807) is 36.2 Å². The molecule has 2 aromatic rings. The van der Waals surface area contributed by atoms with E-state index in [0.717, 1.165) is 11.1 Å². The average molecular weight is 326 g/mol. The maximum Gasteiger partial charge on any atom is 0.260 e. The highest BCUT2D eigenvalue weighted by Gasteiger charge is 2.11. The molecule has 5 nitrogen and oxygen atoms in total. The molecule has 2 rings (SSSR count). The van der Waals surface area contributed by atoms with Crippen LogP contribution in [0.25, 0.3) is 0 Å². The summed E-state index contributed by atoms with van der Waals surface area (Å²) in [5.41, 5.74) is 2.97. The van der Waals surface area contributed by atoms with Crippen molar-refractivity contribution >= 4 is 17.5 Å². The molecule has 0 heterocycles. The number of anilines is 1. The van der Waals surface area contributed by atoms with Crippen LogP contribution in [0.5, 0.6) is 5.75 Å². The first-order valence-corrected chi connectivity index (χ1v) is 7.74. The number of ether oxygens (including phenoxy) is 1. The van der Waals surface area contributed by atoms with Crippen molar-refractivity contribution in [3.05, 3.63) is 59.7 Å². The van der Waals surface area contributed by atoms with Crippen molar-refractivity contribution in [2.45, 2.75) is 20.4 Å². The Hall–Kier alpha value is -2.82. The molecule has 0 radical (unpaired) electrons. The molecule has 0 aliphatic carbocycles. The van der Waals surface area contributed by atoms with Gasteiger partial charge in [0.15, 0.2) is 6.61 Å². The minimum absolute atomic E-state index is 0.0259. The zero-order chi connectivity index (χ0) is 17.5. The number of benzene rings is 2. The largest absolute Gasteiger partial charge is 0.484 e. The van der Waals surface area contributed by atoms with Crippen LogP contribution in [0, 0.1) is 6.92 Å². The molecular weight excluding hydrogens is 304 g/mol. The van der Waals surface area contributed by atoms with Crippen LogP contribution in [0.4, 0.5) is 5.69 Å². The van der Waals surface area contributed by atoms with Crippen molar-refractivity contribution in [1.29, 1.82) is 0 Å². The molecule has 2 aromatic carbocycles. The number of likely N-dealkylation sites (N-methyl/N-ethyl adjacent to an activating group) is 1. The van der Waals surface area contributed by atoms with E-state index in [2.05, 4.69) is 5.32 Å². The van der Waals surface area contributed by atoms with E-state index < -0.39 is 0 Å². The summed E-state index contributed by atoms with van der Waals surface area (Å²) in [6.07, 6.45) is 0. The van der Waals surface area contributed by atoms with Gasteiger partial charge in [-0.2, -0.15) is 0 Å². The Morgan fingerprint density at radius 1 is 1.08 bits per heavy atom. The Morgan fingerprint density at radius 2 is 1.75 bits per heavy atom. The Balaban J connectivity index is 1.86. The van der Waals surface area contributed by atoms with E-state index in [1.807, 2.05) is 31.2 Å². The highest BCUT2D eigenvalue weighted by Crippen LogP contribution is 2.16. The Morgan fingerprint density at radius 3 is 2.38 bits per heavy atom. The Bertz CT molecular complexity index is 711. The van der Waals surface area contributed by atoms with Gasteiger partial charge >= 0.3 is 0 Å². The van der Waals surface area contributed by atoms with Gasteiger partial charge < -0.3 is 15.0 Å². The molecule has 24 heavy (non-hydrogen) atoms. The lowest BCUT2D eigenvalue weighted by molar-refractivity contribution is -0.132. The molecule has 1 N–H and O–H groups in total. The van der Waals surface area contributed by atoms with Crippen molar-refractivity contribution in [2.24, 2.45) is 0 Å². The molecular formula is C19H22N2O3. The maximum atomic E-state index is 12.2. The molecule has 0 aliphatic heterocycles. The zero-order valence-corrected chi connectivity index (χ0v) is 14.2. The van der Waals surface area contributed by atoms with Crippen LogP contribution >= 0.6 is 0 Å². The predicted octanol–water partition coefficient (Wildman–Crippen LogP) is 2.99. The van der Waals surface area contributed by atoms with Crippen molar-refractivity contribution in [3.63, 3.8) is 0 Å². The van der Waals surface area contributed by atoms with Gasteiger partial charge in [0.25, 0.3) is 5.91 Å². The maximum absolute atomic E-state index is 12.2. The second-order valence-electron chi connectivity index (χ2n) is 5.67. The number of nitrogens with one attached hydrogen (secondary N) is 1. The molecule has 0 atom stereocenters. The molecule has 0 saturated heterocycles. The summed E-state index contributed by atoms with van der Waals surface area (Å²) < 4.78 is 5.51. The van der Waals surface area contributed by atoms with Crippen LogP contribution in [0.1, 0.15) is 18.1 Å². The molecule has 5 heteroatoms. The summed E-state index contributed by atoms with van der Waals surface area (Å²) in [6.45, 7) is 4.01. The third-order valence-corrected chi connectivity index (χ3v) is 3.63. The number of carbonyl (C=O) groups excluding carboxylic acids is 2. The quantitative estimate of drug-likeness (QED) is 0.888. The number of hydrogen-bond acceptors (Lipinski definition) is 3. The number of nitrogens with zero attached hydrogens (tertiary/aromatic N) is 1. The van der Waals surface area contributed by atoms with E-state index in [4.69, 9.17) is 4.74 Å². The van der Waals surface area contributed by atoms with Gasteiger partial charge in [-0.3, -0.25) is 9.59 Å². The fourth-order valence-corrected chi connectivity index (χ4v) is 2.22. The van der Waals surface area contributed by atoms with E-state index in [0.29, 0.717) is 18.0 Å². The molecule has 2 amide bonds. The summed E-state index contributed by atoms with van der Waals surface area (Å²) in [5.74, 6) is 0.364. The summed E-state index contributed by atoms with van der Waals surface area (Å²) in [4.78, 5) is 24.8. The van der Waals surface area contributed by atoms with Gasteiger partial charge in [-0.1, -0.05) is 24.3 Å². The number of rotatable bonds is 6. The van der Waals surface area contributed by atoms with Crippen LogP contribution in [0.3, 0.4) is 0 Å². The third kappa shape index (κ3) is 5.12. The standard InChI is InChI=1S/C19H22N2O3/c1-14-6-4-5-7-16(14)12-21(3)19(23)13-24-18-10-8-17(9-11-18)20-15(2)22/h4-11H,12-13H2,1-3H3,(H,20,22). The number of hydrogen-bond donors (Lipinski definition) is 1. The van der Waals surface area contributed by atoms with Gasteiger partial charge in [0.1, 0.15) is 5.75 Å².